The van der Waals surface area contributed by atoms with Crippen LogP contribution < -0.4 is 0 Å². The van der Waals surface area contributed by atoms with Gasteiger partial charge in [0, 0.05) is 11.8 Å². The summed E-state index contributed by atoms with van der Waals surface area (Å²) in [6.45, 7) is 5.99. The highest BCUT2D eigenvalue weighted by Crippen LogP contribution is 2.24. The van der Waals surface area contributed by atoms with Crippen molar-refractivity contribution in [1.29, 1.82) is 0 Å². The second-order valence-corrected chi connectivity index (χ2v) is 4.15. The lowest BCUT2D eigenvalue weighted by Crippen LogP contribution is -1.91. The average molecular weight is 215 g/mol. The molecule has 0 N–H and O–H groups in total. The number of benzene rings is 1. The molecule has 0 spiro atoms. The molecule has 0 bridgehead atoms. The van der Waals surface area contributed by atoms with Crippen molar-refractivity contribution < 1.29 is 4.39 Å². The summed E-state index contributed by atoms with van der Waals surface area (Å²) >= 11 is 0. The van der Waals surface area contributed by atoms with E-state index in [1.54, 1.807) is 6.20 Å². The molecule has 1 heterocycles. The van der Waals surface area contributed by atoms with Gasteiger partial charge in [0.1, 0.15) is 0 Å². The van der Waals surface area contributed by atoms with Crippen LogP contribution in [0.1, 0.15) is 16.7 Å². The monoisotopic (exact) mass is 215 g/mol. The van der Waals surface area contributed by atoms with Gasteiger partial charge in [0.05, 0.1) is 0 Å². The van der Waals surface area contributed by atoms with Crippen molar-refractivity contribution in [3.63, 3.8) is 0 Å². The molecular formula is C14H14FN. The molecule has 0 radical (unpaired) electrons. The lowest BCUT2D eigenvalue weighted by Gasteiger charge is -2.06. The number of aryl methyl sites for hydroxylation is 3. The summed E-state index contributed by atoms with van der Waals surface area (Å²) in [6.07, 6.45) is 1.54. The van der Waals surface area contributed by atoms with Crippen molar-refractivity contribution in [1.82, 2.24) is 4.98 Å². The van der Waals surface area contributed by atoms with Crippen molar-refractivity contribution in [3.8, 4) is 11.1 Å². The van der Waals surface area contributed by atoms with Crippen molar-refractivity contribution in [2.75, 3.05) is 0 Å². The van der Waals surface area contributed by atoms with Gasteiger partial charge in [-0.25, -0.2) is 4.98 Å². The fourth-order valence-corrected chi connectivity index (χ4v) is 1.66. The molecule has 0 unspecified atom stereocenters. The second-order valence-electron chi connectivity index (χ2n) is 4.15. The molecule has 1 aromatic heterocycles. The number of hydrogen-bond acceptors (Lipinski definition) is 1. The lowest BCUT2D eigenvalue weighted by atomic mass is 10.0. The van der Waals surface area contributed by atoms with E-state index in [2.05, 4.69) is 4.98 Å². The van der Waals surface area contributed by atoms with Crippen LogP contribution in [0.4, 0.5) is 4.39 Å². The third-order valence-electron chi connectivity index (χ3n) is 2.79. The Kier molecular flexibility index (Phi) is 2.73. The van der Waals surface area contributed by atoms with Crippen LogP contribution in [0.2, 0.25) is 0 Å². The molecule has 0 aliphatic heterocycles. The van der Waals surface area contributed by atoms with Crippen molar-refractivity contribution in [3.05, 3.63) is 53.1 Å². The van der Waals surface area contributed by atoms with Crippen LogP contribution in [-0.4, -0.2) is 4.98 Å². The summed E-state index contributed by atoms with van der Waals surface area (Å²) in [5.41, 5.74) is 4.80. The van der Waals surface area contributed by atoms with Gasteiger partial charge in [-0.1, -0.05) is 18.2 Å². The molecule has 82 valence electrons. The van der Waals surface area contributed by atoms with E-state index in [1.807, 2.05) is 45.0 Å². The Morgan fingerprint density at radius 2 is 1.75 bits per heavy atom. The molecule has 16 heavy (non-hydrogen) atoms. The SMILES string of the molecule is Cc1cnc(F)c(-c2ccc(C)c(C)c2)c1. The molecule has 2 heteroatoms. The Balaban J connectivity index is 2.58. The van der Waals surface area contributed by atoms with Gasteiger partial charge in [-0.2, -0.15) is 4.39 Å². The van der Waals surface area contributed by atoms with Gasteiger partial charge in [-0.3, -0.25) is 0 Å². The first-order valence-electron chi connectivity index (χ1n) is 5.27. The van der Waals surface area contributed by atoms with Crippen LogP contribution in [0.3, 0.4) is 0 Å². The van der Waals surface area contributed by atoms with E-state index >= 15 is 0 Å². The molecule has 0 fully saturated rings. The Hall–Kier alpha value is -1.70. The zero-order chi connectivity index (χ0) is 11.7. The quantitative estimate of drug-likeness (QED) is 0.659. The third-order valence-corrected chi connectivity index (χ3v) is 2.79. The minimum atomic E-state index is -0.408. The van der Waals surface area contributed by atoms with Gasteiger partial charge < -0.3 is 0 Å². The van der Waals surface area contributed by atoms with E-state index in [0.29, 0.717) is 5.56 Å². The Bertz CT molecular complexity index is 532. The van der Waals surface area contributed by atoms with Gasteiger partial charge in [0.15, 0.2) is 0 Å². The normalized spacial score (nSPS) is 10.5. The molecule has 1 nitrogen and oxygen atoms in total. The van der Waals surface area contributed by atoms with E-state index in [0.717, 1.165) is 11.1 Å². The lowest BCUT2D eigenvalue weighted by molar-refractivity contribution is 0.587. The van der Waals surface area contributed by atoms with Crippen LogP contribution in [-0.2, 0) is 0 Å². The number of rotatable bonds is 1. The minimum Gasteiger partial charge on any atom is -0.228 e. The summed E-state index contributed by atoms with van der Waals surface area (Å²) in [4.78, 5) is 3.74. The zero-order valence-electron chi connectivity index (χ0n) is 9.71. The van der Waals surface area contributed by atoms with E-state index < -0.39 is 5.95 Å². The van der Waals surface area contributed by atoms with Crippen molar-refractivity contribution >= 4 is 0 Å². The minimum absolute atomic E-state index is 0.408. The first kappa shape index (κ1) is 10.8. The van der Waals surface area contributed by atoms with Crippen LogP contribution >= 0.6 is 0 Å². The van der Waals surface area contributed by atoms with Gasteiger partial charge in [-0.15, -0.1) is 0 Å². The Morgan fingerprint density at radius 1 is 1.00 bits per heavy atom. The molecular weight excluding hydrogens is 201 g/mol. The number of halogens is 1. The Labute approximate surface area is 95.0 Å². The predicted octanol–water partition coefficient (Wildman–Crippen LogP) is 3.81. The molecule has 0 aliphatic carbocycles. The summed E-state index contributed by atoms with van der Waals surface area (Å²) in [7, 11) is 0. The van der Waals surface area contributed by atoms with E-state index in [9.17, 15) is 4.39 Å². The van der Waals surface area contributed by atoms with Gasteiger partial charge in [0.2, 0.25) is 5.95 Å². The number of hydrogen-bond donors (Lipinski definition) is 0. The van der Waals surface area contributed by atoms with E-state index in [-0.39, 0.29) is 0 Å². The third kappa shape index (κ3) is 1.96. The van der Waals surface area contributed by atoms with Gasteiger partial charge in [-0.05, 0) is 49.1 Å². The van der Waals surface area contributed by atoms with Crippen LogP contribution in [0.15, 0.2) is 30.5 Å². The topological polar surface area (TPSA) is 12.9 Å². The highest BCUT2D eigenvalue weighted by atomic mass is 19.1. The summed E-state index contributed by atoms with van der Waals surface area (Å²) < 4.78 is 13.6. The van der Waals surface area contributed by atoms with Crippen LogP contribution in [0, 0.1) is 26.7 Å². The maximum atomic E-state index is 13.6. The fraction of sp³-hybridized carbons (Fsp3) is 0.214. The van der Waals surface area contributed by atoms with Crippen molar-refractivity contribution in [2.24, 2.45) is 0 Å². The molecule has 0 atom stereocenters. The maximum absolute atomic E-state index is 13.6. The van der Waals surface area contributed by atoms with E-state index in [1.165, 1.54) is 11.1 Å². The van der Waals surface area contributed by atoms with E-state index in [4.69, 9.17) is 0 Å². The maximum Gasteiger partial charge on any atom is 0.220 e. The molecule has 2 rings (SSSR count). The first-order chi connectivity index (χ1) is 7.58. The molecule has 0 aliphatic rings. The predicted molar refractivity (Wildman–Crippen MR) is 63.8 cm³/mol. The molecule has 0 amide bonds. The van der Waals surface area contributed by atoms with Crippen LogP contribution in [0.5, 0.6) is 0 Å². The van der Waals surface area contributed by atoms with Gasteiger partial charge in [0.25, 0.3) is 0 Å². The molecule has 1 aromatic carbocycles. The van der Waals surface area contributed by atoms with Crippen molar-refractivity contribution in [2.45, 2.75) is 20.8 Å². The number of aromatic nitrogens is 1. The van der Waals surface area contributed by atoms with Crippen LogP contribution in [0.25, 0.3) is 11.1 Å². The smallest absolute Gasteiger partial charge is 0.220 e. The average Bonchev–Trinajstić information content (AvgIpc) is 2.26. The first-order valence-corrected chi connectivity index (χ1v) is 5.27. The highest BCUT2D eigenvalue weighted by molar-refractivity contribution is 5.65. The second kappa shape index (κ2) is 4.05. The standard InChI is InChI=1S/C14H14FN/c1-9-6-13(14(15)16-8-9)12-5-4-10(2)11(3)7-12/h4-8H,1-3H3. The summed E-state index contributed by atoms with van der Waals surface area (Å²) in [5.74, 6) is -0.408. The zero-order valence-corrected chi connectivity index (χ0v) is 9.71. The molecule has 0 saturated heterocycles. The highest BCUT2D eigenvalue weighted by Gasteiger charge is 2.07. The number of nitrogens with zero attached hydrogens (tertiary/aromatic N) is 1. The molecule has 2 aromatic rings. The summed E-state index contributed by atoms with van der Waals surface area (Å²) in [5, 5.41) is 0. The Morgan fingerprint density at radius 3 is 2.44 bits per heavy atom. The van der Waals surface area contributed by atoms with Gasteiger partial charge >= 0.3 is 0 Å². The molecule has 0 saturated carbocycles. The largest absolute Gasteiger partial charge is 0.228 e. The fourth-order valence-electron chi connectivity index (χ4n) is 1.66. The number of pyridine rings is 1. The summed E-state index contributed by atoms with van der Waals surface area (Å²) in [6, 6.07) is 7.76.